The molecule has 0 saturated heterocycles. The topological polar surface area (TPSA) is 42.9 Å². The van der Waals surface area contributed by atoms with Crippen molar-refractivity contribution in [3.05, 3.63) is 52.3 Å². The van der Waals surface area contributed by atoms with Crippen molar-refractivity contribution in [2.45, 2.75) is 45.0 Å². The lowest BCUT2D eigenvalue weighted by molar-refractivity contribution is 0.0994. The van der Waals surface area contributed by atoms with E-state index in [2.05, 4.69) is 9.97 Å². The van der Waals surface area contributed by atoms with Crippen molar-refractivity contribution < 1.29 is 4.79 Å². The second-order valence-electron chi connectivity index (χ2n) is 5.29. The average molecular weight is 300 g/mol. The maximum atomic E-state index is 12.4. The van der Waals surface area contributed by atoms with E-state index in [1.54, 1.807) is 0 Å². The monoisotopic (exact) mass is 300 g/mol. The van der Waals surface area contributed by atoms with Crippen LogP contribution in [0.2, 0.25) is 0 Å². The summed E-state index contributed by atoms with van der Waals surface area (Å²) < 4.78 is 0. The Morgan fingerprint density at radius 2 is 1.52 bits per heavy atom. The largest absolute Gasteiger partial charge is 0.293 e. The number of carbonyl (C=O) groups is 1. The van der Waals surface area contributed by atoms with Gasteiger partial charge in [-0.2, -0.15) is 0 Å². The molecule has 0 spiro atoms. The molecule has 0 aliphatic rings. The standard InChI is InChI=1S/C17H20N2OS/c1-10-6-8-15(9-7-10)16(20)14(5)21-17-18-12(3)11(2)13(4)19-17/h6-9,14H,1-5H3/t14-/m1/s1. The Bertz CT molecular complexity index is 642. The molecule has 0 aliphatic carbocycles. The van der Waals surface area contributed by atoms with Gasteiger partial charge in [-0.25, -0.2) is 9.97 Å². The van der Waals surface area contributed by atoms with Crippen LogP contribution in [0.25, 0.3) is 0 Å². The minimum Gasteiger partial charge on any atom is -0.293 e. The van der Waals surface area contributed by atoms with Gasteiger partial charge in [0, 0.05) is 17.0 Å². The molecule has 3 nitrogen and oxygen atoms in total. The fourth-order valence-corrected chi connectivity index (χ4v) is 2.90. The van der Waals surface area contributed by atoms with Gasteiger partial charge in [0.15, 0.2) is 10.9 Å². The number of rotatable bonds is 4. The summed E-state index contributed by atoms with van der Waals surface area (Å²) in [4.78, 5) is 21.3. The summed E-state index contributed by atoms with van der Waals surface area (Å²) in [5, 5.41) is 0.470. The molecule has 4 heteroatoms. The number of aryl methyl sites for hydroxylation is 3. The maximum absolute atomic E-state index is 12.4. The number of ketones is 1. The number of Topliss-reactive ketones (excluding diaryl/α,β-unsaturated/α-hetero) is 1. The molecule has 0 unspecified atom stereocenters. The van der Waals surface area contributed by atoms with E-state index in [4.69, 9.17) is 0 Å². The van der Waals surface area contributed by atoms with Crippen molar-refractivity contribution in [2.24, 2.45) is 0 Å². The van der Waals surface area contributed by atoms with E-state index < -0.39 is 0 Å². The SMILES string of the molecule is Cc1ccc(C(=O)[C@@H](C)Sc2nc(C)c(C)c(C)n2)cc1. The highest BCUT2D eigenvalue weighted by Gasteiger charge is 2.18. The number of aromatic nitrogens is 2. The van der Waals surface area contributed by atoms with E-state index in [0.717, 1.165) is 28.1 Å². The molecule has 1 heterocycles. The first-order chi connectivity index (χ1) is 9.88. The lowest BCUT2D eigenvalue weighted by atomic mass is 10.1. The summed E-state index contributed by atoms with van der Waals surface area (Å²) in [6.07, 6.45) is 0. The van der Waals surface area contributed by atoms with Crippen LogP contribution >= 0.6 is 11.8 Å². The quantitative estimate of drug-likeness (QED) is 0.485. The Morgan fingerprint density at radius 3 is 2.05 bits per heavy atom. The van der Waals surface area contributed by atoms with Crippen molar-refractivity contribution >= 4 is 17.5 Å². The van der Waals surface area contributed by atoms with Crippen LogP contribution in [-0.4, -0.2) is 21.0 Å². The summed E-state index contributed by atoms with van der Waals surface area (Å²) in [6, 6.07) is 7.67. The Hall–Kier alpha value is -1.68. The van der Waals surface area contributed by atoms with Gasteiger partial charge >= 0.3 is 0 Å². The Kier molecular flexibility index (Phi) is 4.78. The summed E-state index contributed by atoms with van der Waals surface area (Å²) in [6.45, 7) is 9.87. The van der Waals surface area contributed by atoms with Crippen LogP contribution in [0.3, 0.4) is 0 Å². The smallest absolute Gasteiger partial charge is 0.188 e. The van der Waals surface area contributed by atoms with Crippen molar-refractivity contribution in [1.29, 1.82) is 0 Å². The van der Waals surface area contributed by atoms with Gasteiger partial charge in [0.1, 0.15) is 0 Å². The molecule has 0 bridgehead atoms. The van der Waals surface area contributed by atoms with E-state index in [-0.39, 0.29) is 11.0 Å². The first-order valence-electron chi connectivity index (χ1n) is 6.98. The molecule has 21 heavy (non-hydrogen) atoms. The molecule has 0 aliphatic heterocycles. The highest BCUT2D eigenvalue weighted by atomic mass is 32.2. The molecule has 2 aromatic rings. The molecular formula is C17H20N2OS. The number of carbonyl (C=O) groups excluding carboxylic acids is 1. The van der Waals surface area contributed by atoms with E-state index in [1.165, 1.54) is 11.8 Å². The lowest BCUT2D eigenvalue weighted by Gasteiger charge is -2.11. The van der Waals surface area contributed by atoms with E-state index in [1.807, 2.05) is 58.9 Å². The van der Waals surface area contributed by atoms with Gasteiger partial charge in [-0.15, -0.1) is 0 Å². The first kappa shape index (κ1) is 15.7. The van der Waals surface area contributed by atoms with Gasteiger partial charge in [0.05, 0.1) is 5.25 Å². The van der Waals surface area contributed by atoms with Crippen LogP contribution in [0.4, 0.5) is 0 Å². The third-order valence-corrected chi connectivity index (χ3v) is 4.56. The summed E-state index contributed by atoms with van der Waals surface area (Å²) >= 11 is 1.42. The van der Waals surface area contributed by atoms with Gasteiger partial charge in [0.25, 0.3) is 0 Å². The van der Waals surface area contributed by atoms with Crippen molar-refractivity contribution in [2.75, 3.05) is 0 Å². The molecule has 2 rings (SSSR count). The molecule has 0 saturated carbocycles. The van der Waals surface area contributed by atoms with E-state index >= 15 is 0 Å². The van der Waals surface area contributed by atoms with E-state index in [0.29, 0.717) is 5.16 Å². The fraction of sp³-hybridized carbons (Fsp3) is 0.353. The number of thioether (sulfide) groups is 1. The Morgan fingerprint density at radius 1 is 1.00 bits per heavy atom. The minimum atomic E-state index is -0.200. The summed E-state index contributed by atoms with van der Waals surface area (Å²) in [5.41, 5.74) is 4.94. The maximum Gasteiger partial charge on any atom is 0.188 e. The van der Waals surface area contributed by atoms with Gasteiger partial charge in [-0.1, -0.05) is 41.6 Å². The van der Waals surface area contributed by atoms with Crippen LogP contribution < -0.4 is 0 Å². The van der Waals surface area contributed by atoms with Crippen LogP contribution in [0, 0.1) is 27.7 Å². The predicted molar refractivity (Wildman–Crippen MR) is 87.1 cm³/mol. The molecule has 0 amide bonds. The second-order valence-corrected chi connectivity index (χ2v) is 6.60. The minimum absolute atomic E-state index is 0.111. The molecule has 1 aromatic heterocycles. The van der Waals surface area contributed by atoms with Crippen molar-refractivity contribution in [1.82, 2.24) is 9.97 Å². The normalized spacial score (nSPS) is 12.2. The summed E-state index contributed by atoms with van der Waals surface area (Å²) in [7, 11) is 0. The lowest BCUT2D eigenvalue weighted by Crippen LogP contribution is -2.14. The van der Waals surface area contributed by atoms with Gasteiger partial charge in [-0.3, -0.25) is 4.79 Å². The molecule has 1 aromatic carbocycles. The molecule has 0 radical (unpaired) electrons. The van der Waals surface area contributed by atoms with Gasteiger partial charge in [-0.05, 0) is 40.2 Å². The molecule has 0 fully saturated rings. The fourth-order valence-electron chi connectivity index (χ4n) is 1.96. The van der Waals surface area contributed by atoms with Crippen molar-refractivity contribution in [3.63, 3.8) is 0 Å². The molecule has 0 N–H and O–H groups in total. The number of benzene rings is 1. The number of hydrogen-bond donors (Lipinski definition) is 0. The average Bonchev–Trinajstić information content (AvgIpc) is 2.44. The molecular weight excluding hydrogens is 280 g/mol. The zero-order valence-electron chi connectivity index (χ0n) is 13.1. The Labute approximate surface area is 130 Å². The summed E-state index contributed by atoms with van der Waals surface area (Å²) in [5.74, 6) is 0.111. The van der Waals surface area contributed by atoms with Crippen LogP contribution in [0.1, 0.15) is 39.8 Å². The van der Waals surface area contributed by atoms with Crippen LogP contribution in [0.15, 0.2) is 29.4 Å². The first-order valence-corrected chi connectivity index (χ1v) is 7.86. The second kappa shape index (κ2) is 6.39. The zero-order chi connectivity index (χ0) is 15.6. The number of nitrogens with zero attached hydrogens (tertiary/aromatic N) is 2. The predicted octanol–water partition coefficient (Wildman–Crippen LogP) is 4.07. The third-order valence-electron chi connectivity index (χ3n) is 3.60. The van der Waals surface area contributed by atoms with Crippen molar-refractivity contribution in [3.8, 4) is 0 Å². The highest BCUT2D eigenvalue weighted by Crippen LogP contribution is 2.24. The van der Waals surface area contributed by atoms with E-state index in [9.17, 15) is 4.79 Å². The molecule has 1 atom stereocenters. The van der Waals surface area contributed by atoms with Gasteiger partial charge < -0.3 is 0 Å². The van der Waals surface area contributed by atoms with Crippen LogP contribution in [-0.2, 0) is 0 Å². The van der Waals surface area contributed by atoms with Crippen LogP contribution in [0.5, 0.6) is 0 Å². The zero-order valence-corrected chi connectivity index (χ0v) is 13.9. The highest BCUT2D eigenvalue weighted by molar-refractivity contribution is 8.00. The molecule has 110 valence electrons. The Balaban J connectivity index is 2.16. The third kappa shape index (κ3) is 3.70. The number of hydrogen-bond acceptors (Lipinski definition) is 4. The van der Waals surface area contributed by atoms with Gasteiger partial charge in [0.2, 0.25) is 0 Å².